The molecule has 0 saturated carbocycles. The van der Waals surface area contributed by atoms with Gasteiger partial charge in [0.25, 0.3) is 5.91 Å². The first-order valence-electron chi connectivity index (χ1n) is 6.41. The summed E-state index contributed by atoms with van der Waals surface area (Å²) in [7, 11) is 0. The summed E-state index contributed by atoms with van der Waals surface area (Å²) in [5, 5.41) is 16.6. The predicted octanol–water partition coefficient (Wildman–Crippen LogP) is 3.06. The zero-order chi connectivity index (χ0) is 13.9. The Balaban J connectivity index is 1.60. The van der Waals surface area contributed by atoms with Crippen LogP contribution in [0.15, 0.2) is 22.9 Å². The van der Waals surface area contributed by atoms with Gasteiger partial charge in [-0.05, 0) is 46.2 Å². The Labute approximate surface area is 130 Å². The van der Waals surface area contributed by atoms with E-state index in [-0.39, 0.29) is 12.5 Å². The van der Waals surface area contributed by atoms with E-state index in [0.29, 0.717) is 0 Å². The van der Waals surface area contributed by atoms with E-state index in [1.165, 1.54) is 10.4 Å². The topological polar surface area (TPSA) is 49.3 Å². The Kier molecular flexibility index (Phi) is 4.45. The van der Waals surface area contributed by atoms with Crippen LogP contribution < -0.4 is 5.32 Å². The lowest BCUT2D eigenvalue weighted by Gasteiger charge is -2.09. The van der Waals surface area contributed by atoms with E-state index in [1.807, 2.05) is 34.7 Å². The Morgan fingerprint density at radius 2 is 2.40 bits per heavy atom. The van der Waals surface area contributed by atoms with Crippen molar-refractivity contribution >= 4 is 40.3 Å². The minimum absolute atomic E-state index is 0.0799. The van der Waals surface area contributed by atoms with E-state index >= 15 is 0 Å². The Hall–Kier alpha value is -0.820. The zero-order valence-corrected chi connectivity index (χ0v) is 13.2. The number of aliphatic hydroxyl groups is 1. The van der Waals surface area contributed by atoms with Gasteiger partial charge in [0, 0.05) is 17.2 Å². The zero-order valence-electron chi connectivity index (χ0n) is 10.8. The number of aryl methyl sites for hydroxylation is 1. The first-order valence-corrected chi connectivity index (χ1v) is 9.33. The number of rotatable bonds is 4. The summed E-state index contributed by atoms with van der Waals surface area (Å²) in [4.78, 5) is 14.2. The second kappa shape index (κ2) is 6.30. The highest BCUT2D eigenvalue weighted by Crippen LogP contribution is 2.31. The molecule has 1 amide bonds. The molecule has 106 valence electrons. The molecule has 0 fully saturated rings. The highest BCUT2D eigenvalue weighted by molar-refractivity contribution is 7.98. The molecular formula is C14H15NO2S3. The summed E-state index contributed by atoms with van der Waals surface area (Å²) in [5.41, 5.74) is 2.16. The predicted molar refractivity (Wildman–Crippen MR) is 85.8 cm³/mol. The van der Waals surface area contributed by atoms with Crippen molar-refractivity contribution < 1.29 is 9.90 Å². The number of nitrogens with one attached hydrogen (secondary N) is 1. The summed E-state index contributed by atoms with van der Waals surface area (Å²) in [6.07, 6.45) is 0.436. The second-order valence-electron chi connectivity index (χ2n) is 4.64. The summed E-state index contributed by atoms with van der Waals surface area (Å²) in [5.74, 6) is 2.07. The average Bonchev–Trinajstić information content (AvgIpc) is 3.12. The highest BCUT2D eigenvalue weighted by atomic mass is 32.2. The maximum absolute atomic E-state index is 12.1. The molecule has 1 unspecified atom stereocenters. The third-order valence-corrected chi connectivity index (χ3v) is 6.18. The van der Waals surface area contributed by atoms with Crippen LogP contribution in [0.3, 0.4) is 0 Å². The van der Waals surface area contributed by atoms with Gasteiger partial charge in [0.05, 0.1) is 11.0 Å². The van der Waals surface area contributed by atoms with Gasteiger partial charge in [0.2, 0.25) is 0 Å². The Morgan fingerprint density at radius 3 is 3.15 bits per heavy atom. The van der Waals surface area contributed by atoms with Gasteiger partial charge in [-0.15, -0.1) is 11.3 Å². The summed E-state index contributed by atoms with van der Waals surface area (Å²) in [6, 6.07) is 3.88. The molecule has 3 rings (SSSR count). The fourth-order valence-electron chi connectivity index (χ4n) is 2.12. The molecule has 0 aliphatic carbocycles. The van der Waals surface area contributed by atoms with Gasteiger partial charge in [-0.25, -0.2) is 0 Å². The largest absolute Gasteiger partial charge is 0.387 e. The number of fused-ring (bicyclic) bond motifs is 1. The average molecular weight is 325 g/mol. The third kappa shape index (κ3) is 3.09. The number of hydrogen-bond donors (Lipinski definition) is 2. The van der Waals surface area contributed by atoms with E-state index in [2.05, 4.69) is 5.32 Å². The molecule has 1 aliphatic rings. The minimum atomic E-state index is -0.629. The van der Waals surface area contributed by atoms with E-state index in [4.69, 9.17) is 0 Å². The molecule has 2 aromatic heterocycles. The van der Waals surface area contributed by atoms with Crippen molar-refractivity contribution in [1.82, 2.24) is 5.32 Å². The summed E-state index contributed by atoms with van der Waals surface area (Å²) >= 11 is 5.05. The molecule has 2 N–H and O–H groups in total. The van der Waals surface area contributed by atoms with Crippen LogP contribution in [0.2, 0.25) is 0 Å². The SMILES string of the molecule is O=C(NCC(O)c1ccsc1)c1cc2c(s1)CCSC2. The van der Waals surface area contributed by atoms with Crippen LogP contribution in [-0.4, -0.2) is 23.3 Å². The van der Waals surface area contributed by atoms with E-state index in [9.17, 15) is 9.90 Å². The number of carbonyl (C=O) groups is 1. The number of hydrogen-bond acceptors (Lipinski definition) is 5. The van der Waals surface area contributed by atoms with Crippen molar-refractivity contribution in [3.63, 3.8) is 0 Å². The molecule has 0 radical (unpaired) electrons. The van der Waals surface area contributed by atoms with Gasteiger partial charge >= 0.3 is 0 Å². The first-order chi connectivity index (χ1) is 9.74. The number of amides is 1. The van der Waals surface area contributed by atoms with Crippen LogP contribution in [0.25, 0.3) is 0 Å². The van der Waals surface area contributed by atoms with E-state index in [0.717, 1.165) is 28.4 Å². The molecule has 20 heavy (non-hydrogen) atoms. The lowest BCUT2D eigenvalue weighted by atomic mass is 10.2. The number of aliphatic hydroxyl groups excluding tert-OH is 1. The fourth-order valence-corrected chi connectivity index (χ4v) is 5.11. The maximum Gasteiger partial charge on any atom is 0.261 e. The van der Waals surface area contributed by atoms with Gasteiger partial charge < -0.3 is 10.4 Å². The molecule has 6 heteroatoms. The van der Waals surface area contributed by atoms with Crippen molar-refractivity contribution in [1.29, 1.82) is 0 Å². The normalized spacial score (nSPS) is 15.7. The van der Waals surface area contributed by atoms with Crippen molar-refractivity contribution in [2.24, 2.45) is 0 Å². The van der Waals surface area contributed by atoms with Crippen LogP contribution in [0.1, 0.15) is 31.8 Å². The fraction of sp³-hybridized carbons (Fsp3) is 0.357. The maximum atomic E-state index is 12.1. The molecule has 0 bridgehead atoms. The van der Waals surface area contributed by atoms with Crippen LogP contribution in [0.5, 0.6) is 0 Å². The van der Waals surface area contributed by atoms with Crippen molar-refractivity contribution in [3.05, 3.63) is 43.8 Å². The molecule has 1 aliphatic heterocycles. The highest BCUT2D eigenvalue weighted by Gasteiger charge is 2.18. The summed E-state index contributed by atoms with van der Waals surface area (Å²) in [6.45, 7) is 0.257. The van der Waals surface area contributed by atoms with Crippen molar-refractivity contribution in [3.8, 4) is 0 Å². The molecule has 0 saturated heterocycles. The van der Waals surface area contributed by atoms with Gasteiger partial charge in [0.15, 0.2) is 0 Å². The van der Waals surface area contributed by atoms with Crippen LogP contribution >= 0.6 is 34.4 Å². The summed E-state index contributed by atoms with van der Waals surface area (Å²) < 4.78 is 0. The first kappa shape index (κ1) is 14.1. The molecular weight excluding hydrogens is 310 g/mol. The molecule has 1 atom stereocenters. The van der Waals surface area contributed by atoms with Crippen molar-refractivity contribution in [2.45, 2.75) is 18.3 Å². The van der Waals surface area contributed by atoms with Crippen molar-refractivity contribution in [2.75, 3.05) is 12.3 Å². The number of thiophene rings is 2. The molecule has 0 spiro atoms. The lowest BCUT2D eigenvalue weighted by Crippen LogP contribution is -2.27. The Bertz CT molecular complexity index is 568. The van der Waals surface area contributed by atoms with Crippen LogP contribution in [0.4, 0.5) is 0 Å². The van der Waals surface area contributed by atoms with Gasteiger partial charge in [-0.2, -0.15) is 23.1 Å². The number of thioether (sulfide) groups is 1. The monoisotopic (exact) mass is 325 g/mol. The van der Waals surface area contributed by atoms with Gasteiger partial charge in [-0.1, -0.05) is 0 Å². The molecule has 0 aromatic carbocycles. The van der Waals surface area contributed by atoms with E-state index in [1.54, 1.807) is 22.7 Å². The molecule has 2 aromatic rings. The molecule has 3 heterocycles. The smallest absolute Gasteiger partial charge is 0.261 e. The standard InChI is InChI=1S/C14H15NO2S3/c16-11(9-1-3-18-7-9)6-15-14(17)13-5-10-8-19-4-2-12(10)20-13/h1,3,5,7,11,16H,2,4,6,8H2,(H,15,17). The number of carbonyl (C=O) groups excluding carboxylic acids is 1. The minimum Gasteiger partial charge on any atom is -0.387 e. The van der Waals surface area contributed by atoms with Gasteiger partial charge in [-0.3, -0.25) is 4.79 Å². The Morgan fingerprint density at radius 1 is 1.50 bits per heavy atom. The van der Waals surface area contributed by atoms with Gasteiger partial charge in [0.1, 0.15) is 0 Å². The van der Waals surface area contributed by atoms with Crippen LogP contribution in [0, 0.1) is 0 Å². The lowest BCUT2D eigenvalue weighted by molar-refractivity contribution is 0.0920. The van der Waals surface area contributed by atoms with E-state index < -0.39 is 6.10 Å². The quantitative estimate of drug-likeness (QED) is 0.908. The third-order valence-electron chi connectivity index (χ3n) is 3.24. The van der Waals surface area contributed by atoms with Crippen LogP contribution in [-0.2, 0) is 12.2 Å². The molecule has 3 nitrogen and oxygen atoms in total. The second-order valence-corrected chi connectivity index (χ2v) is 7.67.